The van der Waals surface area contributed by atoms with E-state index in [1.807, 2.05) is 56.3 Å². The van der Waals surface area contributed by atoms with Crippen LogP contribution in [0, 0.1) is 12.8 Å². The molecule has 1 saturated heterocycles. The quantitative estimate of drug-likeness (QED) is 0.666. The van der Waals surface area contributed by atoms with Crippen molar-refractivity contribution in [1.82, 2.24) is 4.90 Å². The number of hydrogen-bond acceptors (Lipinski definition) is 4. The number of esters is 1. The summed E-state index contributed by atoms with van der Waals surface area (Å²) in [5, 5.41) is 2.73. The smallest absolute Gasteiger partial charge is 0.311 e. The number of halogens is 1. The number of likely N-dealkylation sites (tertiary alicyclic amines) is 1. The molecule has 0 saturated carbocycles. The maximum Gasteiger partial charge on any atom is 0.311 e. The predicted molar refractivity (Wildman–Crippen MR) is 113 cm³/mol. The van der Waals surface area contributed by atoms with Crippen LogP contribution in [0.25, 0.3) is 0 Å². The van der Waals surface area contributed by atoms with E-state index < -0.39 is 17.8 Å². The summed E-state index contributed by atoms with van der Waals surface area (Å²) < 4.78 is 6.08. The van der Waals surface area contributed by atoms with Gasteiger partial charge in [0.25, 0.3) is 5.91 Å². The van der Waals surface area contributed by atoms with Gasteiger partial charge in [-0.05, 0) is 43.2 Å². The molecule has 1 fully saturated rings. The van der Waals surface area contributed by atoms with E-state index in [2.05, 4.69) is 21.2 Å². The number of amides is 2. The molecule has 0 radical (unpaired) electrons. The fourth-order valence-electron chi connectivity index (χ4n) is 3.38. The molecule has 7 heteroatoms. The summed E-state index contributed by atoms with van der Waals surface area (Å²) in [4.78, 5) is 38.6. The zero-order chi connectivity index (χ0) is 21.0. The zero-order valence-electron chi connectivity index (χ0n) is 16.4. The Bertz CT molecular complexity index is 916. The molecule has 0 aliphatic carbocycles. The molecule has 3 rings (SSSR count). The summed E-state index contributed by atoms with van der Waals surface area (Å²) in [6.07, 6.45) is 0.101. The predicted octanol–water partition coefficient (Wildman–Crippen LogP) is 3.85. The molecule has 2 amide bonds. The second-order valence-corrected chi connectivity index (χ2v) is 8.06. The highest BCUT2D eigenvalue weighted by molar-refractivity contribution is 9.10. The summed E-state index contributed by atoms with van der Waals surface area (Å²) in [6.45, 7) is 3.72. The van der Waals surface area contributed by atoms with Gasteiger partial charge >= 0.3 is 5.97 Å². The maximum atomic E-state index is 12.4. The lowest BCUT2D eigenvalue weighted by Crippen LogP contribution is -2.30. The van der Waals surface area contributed by atoms with Crippen LogP contribution in [0.4, 0.5) is 5.69 Å². The minimum absolute atomic E-state index is 0.0850. The Labute approximate surface area is 178 Å². The van der Waals surface area contributed by atoms with Crippen LogP contribution in [0.2, 0.25) is 0 Å². The molecular weight excluding hydrogens is 436 g/mol. The Morgan fingerprint density at radius 1 is 1.24 bits per heavy atom. The molecular formula is C22H23BrN2O4. The first-order valence-electron chi connectivity index (χ1n) is 9.42. The molecule has 1 aliphatic rings. The molecule has 152 valence electrons. The molecule has 1 N–H and O–H groups in total. The zero-order valence-corrected chi connectivity index (χ0v) is 17.9. The highest BCUT2D eigenvalue weighted by Crippen LogP contribution is 2.29. The Morgan fingerprint density at radius 3 is 2.66 bits per heavy atom. The van der Waals surface area contributed by atoms with Crippen molar-refractivity contribution >= 4 is 39.4 Å². The molecule has 0 spiro atoms. The monoisotopic (exact) mass is 458 g/mol. The van der Waals surface area contributed by atoms with Gasteiger partial charge in [0, 0.05) is 23.1 Å². The molecule has 1 aliphatic heterocycles. The van der Waals surface area contributed by atoms with E-state index in [0.29, 0.717) is 12.2 Å². The topological polar surface area (TPSA) is 75.7 Å². The molecule has 0 unspecified atom stereocenters. The highest BCUT2D eigenvalue weighted by Gasteiger charge is 2.38. The van der Waals surface area contributed by atoms with Gasteiger partial charge in [-0.3, -0.25) is 14.4 Å². The number of carbonyl (C=O) groups excluding carboxylic acids is 3. The molecule has 29 heavy (non-hydrogen) atoms. The molecule has 1 heterocycles. The Balaban J connectivity index is 1.52. The van der Waals surface area contributed by atoms with Gasteiger partial charge in [0.1, 0.15) is 0 Å². The second-order valence-electron chi connectivity index (χ2n) is 7.15. The first-order chi connectivity index (χ1) is 13.8. The first-order valence-corrected chi connectivity index (χ1v) is 10.2. The largest absolute Gasteiger partial charge is 0.455 e. The van der Waals surface area contributed by atoms with Gasteiger partial charge in [-0.2, -0.15) is 0 Å². The van der Waals surface area contributed by atoms with E-state index >= 15 is 0 Å². The third kappa shape index (κ3) is 5.23. The normalized spacial score (nSPS) is 17.1. The number of ether oxygens (including phenoxy) is 1. The molecule has 0 aromatic heterocycles. The van der Waals surface area contributed by atoms with Gasteiger partial charge in [-0.15, -0.1) is 0 Å². The number of carbonyl (C=O) groups is 3. The van der Waals surface area contributed by atoms with Gasteiger partial charge in [-0.25, -0.2) is 0 Å². The minimum atomic E-state index is -0.559. The lowest BCUT2D eigenvalue weighted by Gasteiger charge is -2.25. The molecule has 2 atom stereocenters. The Kier molecular flexibility index (Phi) is 6.69. The first kappa shape index (κ1) is 21.0. The lowest BCUT2D eigenvalue weighted by molar-refractivity contribution is -0.151. The number of hydrogen-bond donors (Lipinski definition) is 1. The van der Waals surface area contributed by atoms with E-state index in [1.165, 1.54) is 0 Å². The van der Waals surface area contributed by atoms with Gasteiger partial charge in [0.15, 0.2) is 6.61 Å². The Morgan fingerprint density at radius 2 is 1.97 bits per heavy atom. The van der Waals surface area contributed by atoms with Crippen molar-refractivity contribution in [3.63, 3.8) is 0 Å². The average Bonchev–Trinajstić information content (AvgIpc) is 3.10. The van der Waals surface area contributed by atoms with E-state index in [-0.39, 0.29) is 25.0 Å². The van der Waals surface area contributed by atoms with Crippen molar-refractivity contribution in [2.24, 2.45) is 5.92 Å². The van der Waals surface area contributed by atoms with Gasteiger partial charge in [0.05, 0.1) is 12.0 Å². The SMILES string of the molecule is Cc1cc(Br)ccc1NC(=O)COC(=O)[C@H]1CC(=O)N([C@H](C)c2ccccc2)C1. The standard InChI is InChI=1S/C22H23BrN2O4/c1-14-10-18(23)8-9-19(14)24-20(26)13-29-22(28)17-11-21(27)25(12-17)15(2)16-6-4-3-5-7-16/h3-10,15,17H,11-13H2,1-2H3,(H,24,26)/t15-,17+/m1/s1. The van der Waals surface area contributed by atoms with Gasteiger partial charge < -0.3 is 15.0 Å². The van der Waals surface area contributed by atoms with Crippen LogP contribution in [0.15, 0.2) is 53.0 Å². The van der Waals surface area contributed by atoms with Crippen molar-refractivity contribution in [3.05, 3.63) is 64.1 Å². The van der Waals surface area contributed by atoms with Crippen LogP contribution in [-0.4, -0.2) is 35.8 Å². The summed E-state index contributed by atoms with van der Waals surface area (Å²) in [5.74, 6) is -1.58. The van der Waals surface area contributed by atoms with Crippen molar-refractivity contribution in [2.45, 2.75) is 26.3 Å². The van der Waals surface area contributed by atoms with Crippen LogP contribution in [0.1, 0.15) is 30.5 Å². The number of rotatable bonds is 6. The molecule has 0 bridgehead atoms. The summed E-state index contributed by atoms with van der Waals surface area (Å²) in [6, 6.07) is 15.0. The minimum Gasteiger partial charge on any atom is -0.455 e. The number of nitrogens with zero attached hydrogens (tertiary/aromatic N) is 1. The van der Waals surface area contributed by atoms with Crippen molar-refractivity contribution < 1.29 is 19.1 Å². The lowest BCUT2D eigenvalue weighted by atomic mass is 10.1. The summed E-state index contributed by atoms with van der Waals surface area (Å²) in [7, 11) is 0. The van der Waals surface area contributed by atoms with Crippen LogP contribution >= 0.6 is 15.9 Å². The van der Waals surface area contributed by atoms with Gasteiger partial charge in [-0.1, -0.05) is 46.3 Å². The fourth-order valence-corrected chi connectivity index (χ4v) is 3.86. The Hall–Kier alpha value is -2.67. The van der Waals surface area contributed by atoms with E-state index in [4.69, 9.17) is 4.74 Å². The second kappa shape index (κ2) is 9.22. The summed E-state index contributed by atoms with van der Waals surface area (Å²) >= 11 is 3.37. The third-order valence-corrected chi connectivity index (χ3v) is 5.54. The third-order valence-electron chi connectivity index (χ3n) is 5.05. The van der Waals surface area contributed by atoms with Crippen molar-refractivity contribution in [2.75, 3.05) is 18.5 Å². The average molecular weight is 459 g/mol. The van der Waals surface area contributed by atoms with Crippen molar-refractivity contribution in [1.29, 1.82) is 0 Å². The fraction of sp³-hybridized carbons (Fsp3) is 0.318. The maximum absolute atomic E-state index is 12.4. The van der Waals surface area contributed by atoms with E-state index in [9.17, 15) is 14.4 Å². The molecule has 6 nitrogen and oxygen atoms in total. The summed E-state index contributed by atoms with van der Waals surface area (Å²) in [5.41, 5.74) is 2.57. The highest BCUT2D eigenvalue weighted by atomic mass is 79.9. The number of aryl methyl sites for hydroxylation is 1. The molecule has 2 aromatic carbocycles. The number of anilines is 1. The number of nitrogens with one attached hydrogen (secondary N) is 1. The van der Waals surface area contributed by atoms with Crippen LogP contribution in [-0.2, 0) is 19.1 Å². The van der Waals surface area contributed by atoms with Crippen LogP contribution in [0.5, 0.6) is 0 Å². The van der Waals surface area contributed by atoms with Crippen LogP contribution in [0.3, 0.4) is 0 Å². The molecule has 2 aromatic rings. The number of benzene rings is 2. The van der Waals surface area contributed by atoms with E-state index in [1.54, 1.807) is 11.0 Å². The van der Waals surface area contributed by atoms with Gasteiger partial charge in [0.2, 0.25) is 5.91 Å². The van der Waals surface area contributed by atoms with E-state index in [0.717, 1.165) is 15.6 Å². The van der Waals surface area contributed by atoms with Crippen molar-refractivity contribution in [3.8, 4) is 0 Å². The van der Waals surface area contributed by atoms with Crippen LogP contribution < -0.4 is 5.32 Å².